The third kappa shape index (κ3) is 3.49. The second-order valence-electron chi connectivity index (χ2n) is 6.42. The van der Waals surface area contributed by atoms with Crippen molar-refractivity contribution in [2.45, 2.75) is 40.5 Å². The first kappa shape index (κ1) is 13.4. The fourth-order valence-corrected chi connectivity index (χ4v) is 2.75. The van der Waals surface area contributed by atoms with E-state index in [4.69, 9.17) is 11.6 Å². The van der Waals surface area contributed by atoms with E-state index in [1.54, 1.807) is 0 Å². The summed E-state index contributed by atoms with van der Waals surface area (Å²) in [6.07, 6.45) is 2.19. The molecule has 2 nitrogen and oxygen atoms in total. The van der Waals surface area contributed by atoms with Crippen molar-refractivity contribution in [3.63, 3.8) is 0 Å². The highest BCUT2D eigenvalue weighted by molar-refractivity contribution is 6.31. The molecule has 0 amide bonds. The van der Waals surface area contributed by atoms with Crippen molar-refractivity contribution >= 4 is 22.6 Å². The number of hydrogen-bond donors (Lipinski definition) is 1. The number of benzene rings is 1. The van der Waals surface area contributed by atoms with Crippen LogP contribution in [0.1, 0.15) is 39.9 Å². The number of hydrogen-bond acceptors (Lipinski definition) is 1. The molecule has 1 N–H and O–H groups in total. The molecule has 98 valence electrons. The zero-order valence-corrected chi connectivity index (χ0v) is 12.3. The van der Waals surface area contributed by atoms with E-state index in [1.807, 2.05) is 18.2 Å². The van der Waals surface area contributed by atoms with E-state index in [0.29, 0.717) is 11.3 Å². The molecule has 1 heterocycles. The predicted octanol–water partition coefficient (Wildman–Crippen LogP) is 4.83. The van der Waals surface area contributed by atoms with E-state index < -0.39 is 0 Å². The number of nitrogens with one attached hydrogen (secondary N) is 1. The lowest BCUT2D eigenvalue weighted by atomic mass is 9.84. The molecule has 1 aromatic heterocycles. The van der Waals surface area contributed by atoms with E-state index >= 15 is 0 Å². The molecule has 0 saturated heterocycles. The van der Waals surface area contributed by atoms with Crippen LogP contribution in [0.4, 0.5) is 0 Å². The average Bonchev–Trinajstić information content (AvgIpc) is 2.55. The maximum atomic E-state index is 5.97. The van der Waals surface area contributed by atoms with Gasteiger partial charge in [0.25, 0.3) is 0 Å². The summed E-state index contributed by atoms with van der Waals surface area (Å²) in [6.45, 7) is 9.12. The molecule has 1 atom stereocenters. The normalized spacial score (nSPS) is 14.1. The fourth-order valence-electron chi connectivity index (χ4n) is 2.58. The highest BCUT2D eigenvalue weighted by Gasteiger charge is 2.16. The Morgan fingerprint density at radius 3 is 2.72 bits per heavy atom. The summed E-state index contributed by atoms with van der Waals surface area (Å²) < 4.78 is 0. The van der Waals surface area contributed by atoms with Gasteiger partial charge in [0, 0.05) is 11.4 Å². The molecule has 0 unspecified atom stereocenters. The minimum absolute atomic E-state index is 0.370. The molecule has 0 saturated carbocycles. The minimum Gasteiger partial charge on any atom is -0.342 e. The lowest BCUT2D eigenvalue weighted by molar-refractivity contribution is 0.304. The minimum atomic E-state index is 0.370. The van der Waals surface area contributed by atoms with Crippen molar-refractivity contribution in [3.8, 4) is 0 Å². The average molecular weight is 265 g/mol. The summed E-state index contributed by atoms with van der Waals surface area (Å²) >= 11 is 5.97. The van der Waals surface area contributed by atoms with E-state index in [-0.39, 0.29) is 0 Å². The van der Waals surface area contributed by atoms with Gasteiger partial charge in [0.2, 0.25) is 0 Å². The summed E-state index contributed by atoms with van der Waals surface area (Å²) in [5.41, 5.74) is 2.40. The Labute approximate surface area is 114 Å². The second kappa shape index (κ2) is 4.93. The molecule has 0 aliphatic carbocycles. The van der Waals surface area contributed by atoms with Gasteiger partial charge >= 0.3 is 0 Å². The van der Waals surface area contributed by atoms with Gasteiger partial charge in [-0.3, -0.25) is 0 Å². The maximum absolute atomic E-state index is 5.97. The molecule has 1 aromatic carbocycles. The number of aromatic nitrogens is 2. The summed E-state index contributed by atoms with van der Waals surface area (Å²) in [5.74, 6) is 1.69. The van der Waals surface area contributed by atoms with Gasteiger partial charge in [-0.05, 0) is 36.0 Å². The Morgan fingerprint density at radius 2 is 2.06 bits per heavy atom. The van der Waals surface area contributed by atoms with E-state index in [0.717, 1.165) is 28.3 Å². The van der Waals surface area contributed by atoms with Crippen molar-refractivity contribution in [1.82, 2.24) is 9.97 Å². The maximum Gasteiger partial charge on any atom is 0.107 e. The molecule has 18 heavy (non-hydrogen) atoms. The Morgan fingerprint density at radius 1 is 1.33 bits per heavy atom. The molecule has 0 bridgehead atoms. The molecule has 3 heteroatoms. The smallest absolute Gasteiger partial charge is 0.107 e. The van der Waals surface area contributed by atoms with Gasteiger partial charge < -0.3 is 4.98 Å². The summed E-state index contributed by atoms with van der Waals surface area (Å²) in [6, 6.07) is 5.78. The van der Waals surface area contributed by atoms with Crippen LogP contribution in [0.2, 0.25) is 5.02 Å². The molecular formula is C15H21ClN2. The van der Waals surface area contributed by atoms with Crippen LogP contribution >= 0.6 is 11.6 Å². The van der Waals surface area contributed by atoms with Gasteiger partial charge in [-0.1, -0.05) is 39.3 Å². The highest BCUT2D eigenvalue weighted by atomic mass is 35.5. The monoisotopic (exact) mass is 264 g/mol. The van der Waals surface area contributed by atoms with Crippen LogP contribution in [0.15, 0.2) is 18.2 Å². The van der Waals surface area contributed by atoms with Crippen LogP contribution in [-0.2, 0) is 6.42 Å². The fraction of sp³-hybridized carbons (Fsp3) is 0.533. The number of imidazole rings is 1. The van der Waals surface area contributed by atoms with Crippen LogP contribution in [-0.4, -0.2) is 9.97 Å². The molecule has 0 aliphatic heterocycles. The SMILES string of the molecule is C[C@H](Cc1nc2ccc(Cl)cc2[nH]1)CC(C)(C)C. The van der Waals surface area contributed by atoms with Crippen LogP contribution < -0.4 is 0 Å². The third-order valence-electron chi connectivity index (χ3n) is 3.00. The lowest BCUT2D eigenvalue weighted by Gasteiger charge is -2.22. The number of rotatable bonds is 3. The molecule has 2 aromatic rings. The van der Waals surface area contributed by atoms with Gasteiger partial charge in [0.05, 0.1) is 11.0 Å². The molecule has 0 fully saturated rings. The molecule has 0 aliphatic rings. The molecule has 2 rings (SSSR count). The molecule has 0 radical (unpaired) electrons. The summed E-state index contributed by atoms with van der Waals surface area (Å²) in [5, 5.41) is 0.750. The highest BCUT2D eigenvalue weighted by Crippen LogP contribution is 2.26. The van der Waals surface area contributed by atoms with Gasteiger partial charge in [0.1, 0.15) is 5.82 Å². The first-order valence-electron chi connectivity index (χ1n) is 6.48. The van der Waals surface area contributed by atoms with Crippen molar-refractivity contribution in [1.29, 1.82) is 0 Å². The molecular weight excluding hydrogens is 244 g/mol. The Bertz CT molecular complexity index is 537. The van der Waals surface area contributed by atoms with Crippen LogP contribution in [0, 0.1) is 11.3 Å². The standard InChI is InChI=1S/C15H21ClN2/c1-10(9-15(2,3)4)7-14-17-12-6-5-11(16)8-13(12)18-14/h5-6,8,10H,7,9H2,1-4H3,(H,17,18)/t10-/m1/s1. The second-order valence-corrected chi connectivity index (χ2v) is 6.86. The van der Waals surface area contributed by atoms with Gasteiger partial charge in [-0.2, -0.15) is 0 Å². The number of H-pyrrole nitrogens is 1. The van der Waals surface area contributed by atoms with Crippen molar-refractivity contribution in [2.24, 2.45) is 11.3 Å². The molecule has 0 spiro atoms. The zero-order valence-electron chi connectivity index (χ0n) is 11.5. The van der Waals surface area contributed by atoms with E-state index in [9.17, 15) is 0 Å². The summed E-state index contributed by atoms with van der Waals surface area (Å²) in [7, 11) is 0. The number of aromatic amines is 1. The lowest BCUT2D eigenvalue weighted by Crippen LogP contribution is -2.13. The van der Waals surface area contributed by atoms with Crippen molar-refractivity contribution in [2.75, 3.05) is 0 Å². The Hall–Kier alpha value is -1.02. The summed E-state index contributed by atoms with van der Waals surface area (Å²) in [4.78, 5) is 7.97. The van der Waals surface area contributed by atoms with Gasteiger partial charge in [-0.25, -0.2) is 4.98 Å². The van der Waals surface area contributed by atoms with Crippen molar-refractivity contribution in [3.05, 3.63) is 29.0 Å². The van der Waals surface area contributed by atoms with Crippen LogP contribution in [0.3, 0.4) is 0 Å². The Kier molecular flexibility index (Phi) is 3.67. The Balaban J connectivity index is 2.12. The first-order valence-corrected chi connectivity index (χ1v) is 6.85. The number of nitrogens with zero attached hydrogens (tertiary/aromatic N) is 1. The number of halogens is 1. The van der Waals surface area contributed by atoms with Gasteiger partial charge in [-0.15, -0.1) is 0 Å². The van der Waals surface area contributed by atoms with Crippen LogP contribution in [0.25, 0.3) is 11.0 Å². The van der Waals surface area contributed by atoms with Crippen LogP contribution in [0.5, 0.6) is 0 Å². The van der Waals surface area contributed by atoms with Crippen molar-refractivity contribution < 1.29 is 0 Å². The van der Waals surface area contributed by atoms with E-state index in [1.165, 1.54) is 6.42 Å². The number of fused-ring (bicyclic) bond motifs is 1. The third-order valence-corrected chi connectivity index (χ3v) is 3.23. The van der Waals surface area contributed by atoms with Gasteiger partial charge in [0.15, 0.2) is 0 Å². The van der Waals surface area contributed by atoms with E-state index in [2.05, 4.69) is 37.7 Å². The first-order chi connectivity index (χ1) is 8.33. The topological polar surface area (TPSA) is 28.7 Å². The predicted molar refractivity (Wildman–Crippen MR) is 78.0 cm³/mol. The largest absolute Gasteiger partial charge is 0.342 e. The zero-order chi connectivity index (χ0) is 13.3. The quantitative estimate of drug-likeness (QED) is 0.845.